The molecule has 0 saturated heterocycles. The second-order valence-electron chi connectivity index (χ2n) is 9.08. The summed E-state index contributed by atoms with van der Waals surface area (Å²) in [4.78, 5) is 15.3. The number of benzene rings is 2. The molecule has 0 N–H and O–H groups in total. The Kier molecular flexibility index (Phi) is 5.64. The third-order valence-corrected chi connectivity index (χ3v) is 10.6. The van der Waals surface area contributed by atoms with Crippen LogP contribution in [0.3, 0.4) is 0 Å². The van der Waals surface area contributed by atoms with Gasteiger partial charge in [0.25, 0.3) is 5.91 Å². The normalized spacial score (nSPS) is 17.6. The van der Waals surface area contributed by atoms with Crippen molar-refractivity contribution in [2.24, 2.45) is 0 Å². The molecule has 148 valence electrons. The van der Waals surface area contributed by atoms with E-state index in [1.54, 1.807) is 0 Å². The van der Waals surface area contributed by atoms with Gasteiger partial charge in [-0.05, 0) is 40.9 Å². The maximum Gasteiger partial charge on any atom is 0.255 e. The van der Waals surface area contributed by atoms with Crippen molar-refractivity contribution < 1.29 is 9.22 Å². The molecular formula is C24H31NO2Si. The molecule has 1 aliphatic heterocycles. The molecular weight excluding hydrogens is 362 g/mol. The molecule has 0 saturated carbocycles. The summed E-state index contributed by atoms with van der Waals surface area (Å²) in [5, 5.41) is 0.120. The average molecular weight is 394 g/mol. The highest BCUT2D eigenvalue weighted by Crippen LogP contribution is 2.38. The van der Waals surface area contributed by atoms with Gasteiger partial charge in [0, 0.05) is 12.1 Å². The van der Waals surface area contributed by atoms with Gasteiger partial charge in [0.1, 0.15) is 0 Å². The van der Waals surface area contributed by atoms with Crippen molar-refractivity contribution in [2.75, 3.05) is 6.61 Å². The lowest BCUT2D eigenvalue weighted by atomic mass is 9.89. The van der Waals surface area contributed by atoms with Gasteiger partial charge in [0.2, 0.25) is 0 Å². The van der Waals surface area contributed by atoms with E-state index in [4.69, 9.17) is 4.43 Å². The van der Waals surface area contributed by atoms with Crippen LogP contribution in [0.2, 0.25) is 18.1 Å². The first kappa shape index (κ1) is 20.6. The van der Waals surface area contributed by atoms with E-state index < -0.39 is 8.32 Å². The fourth-order valence-corrected chi connectivity index (χ4v) is 4.28. The Balaban J connectivity index is 1.93. The SMILES string of the molecule is C=C1c2ccccc2C(=O)N(Cc2ccccc2)C1CO[Si](C)(C)C(C)(C)C. The van der Waals surface area contributed by atoms with E-state index in [0.29, 0.717) is 13.2 Å². The number of hydrogen-bond donors (Lipinski definition) is 0. The van der Waals surface area contributed by atoms with Gasteiger partial charge in [-0.15, -0.1) is 0 Å². The van der Waals surface area contributed by atoms with E-state index >= 15 is 0 Å². The number of hydrogen-bond acceptors (Lipinski definition) is 2. The number of rotatable bonds is 5. The summed E-state index contributed by atoms with van der Waals surface area (Å²) in [5.74, 6) is 0.0516. The van der Waals surface area contributed by atoms with Crippen LogP contribution in [0.4, 0.5) is 0 Å². The summed E-state index contributed by atoms with van der Waals surface area (Å²) in [6.07, 6.45) is 0. The maximum absolute atomic E-state index is 13.3. The molecule has 0 spiro atoms. The molecule has 0 radical (unpaired) electrons. The molecule has 3 rings (SSSR count). The second kappa shape index (κ2) is 7.68. The third kappa shape index (κ3) is 3.98. The van der Waals surface area contributed by atoms with Crippen molar-refractivity contribution in [2.45, 2.75) is 51.5 Å². The summed E-state index contributed by atoms with van der Waals surface area (Å²) in [7, 11) is -1.93. The second-order valence-corrected chi connectivity index (χ2v) is 13.9. The van der Waals surface area contributed by atoms with Crippen LogP contribution in [0.1, 0.15) is 42.3 Å². The van der Waals surface area contributed by atoms with E-state index in [1.807, 2.05) is 47.4 Å². The lowest BCUT2D eigenvalue weighted by Gasteiger charge is -2.42. The minimum atomic E-state index is -1.93. The van der Waals surface area contributed by atoms with E-state index in [9.17, 15) is 4.79 Å². The highest BCUT2D eigenvalue weighted by Gasteiger charge is 2.40. The Bertz CT molecular complexity index is 868. The Morgan fingerprint density at radius 2 is 1.57 bits per heavy atom. The zero-order valence-corrected chi connectivity index (χ0v) is 18.7. The van der Waals surface area contributed by atoms with Gasteiger partial charge in [-0.2, -0.15) is 0 Å². The fraction of sp³-hybridized carbons (Fsp3) is 0.375. The molecule has 28 heavy (non-hydrogen) atoms. The Hall–Kier alpha value is -2.17. The number of amides is 1. The summed E-state index contributed by atoms with van der Waals surface area (Å²) < 4.78 is 6.52. The maximum atomic E-state index is 13.3. The zero-order valence-electron chi connectivity index (χ0n) is 17.7. The molecule has 0 aromatic heterocycles. The van der Waals surface area contributed by atoms with Crippen LogP contribution in [0.25, 0.3) is 5.57 Å². The summed E-state index contributed by atoms with van der Waals surface area (Å²) in [6, 6.07) is 17.7. The first-order chi connectivity index (χ1) is 13.1. The molecule has 1 heterocycles. The number of carbonyl (C=O) groups excluding carboxylic acids is 1. The molecule has 3 nitrogen and oxygen atoms in total. The van der Waals surface area contributed by atoms with Crippen molar-refractivity contribution >= 4 is 19.8 Å². The first-order valence-corrected chi connectivity index (χ1v) is 12.8. The number of nitrogens with zero attached hydrogens (tertiary/aromatic N) is 1. The monoisotopic (exact) mass is 393 g/mol. The summed E-state index contributed by atoms with van der Waals surface area (Å²) in [6.45, 7) is 16.6. The predicted octanol–water partition coefficient (Wildman–Crippen LogP) is 5.75. The van der Waals surface area contributed by atoms with Gasteiger partial charge in [0.05, 0.1) is 12.6 Å². The number of carbonyl (C=O) groups is 1. The van der Waals surface area contributed by atoms with Crippen LogP contribution in [-0.4, -0.2) is 31.8 Å². The smallest absolute Gasteiger partial charge is 0.255 e. The number of fused-ring (bicyclic) bond motifs is 1. The molecule has 2 aromatic carbocycles. The molecule has 1 amide bonds. The van der Waals surface area contributed by atoms with Crippen molar-refractivity contribution in [1.29, 1.82) is 0 Å². The van der Waals surface area contributed by atoms with E-state index in [0.717, 1.165) is 22.3 Å². The molecule has 1 aliphatic rings. The van der Waals surface area contributed by atoms with Gasteiger partial charge in [0.15, 0.2) is 8.32 Å². The van der Waals surface area contributed by atoms with Crippen LogP contribution < -0.4 is 0 Å². The van der Waals surface area contributed by atoms with Gasteiger partial charge in [-0.25, -0.2) is 0 Å². The van der Waals surface area contributed by atoms with Gasteiger partial charge in [-0.1, -0.05) is 75.9 Å². The van der Waals surface area contributed by atoms with Gasteiger partial charge < -0.3 is 9.33 Å². The van der Waals surface area contributed by atoms with Crippen LogP contribution in [-0.2, 0) is 11.0 Å². The van der Waals surface area contributed by atoms with Crippen LogP contribution in [0.15, 0.2) is 61.2 Å². The van der Waals surface area contributed by atoms with E-state index in [2.05, 4.69) is 52.6 Å². The standard InChI is InChI=1S/C24H31NO2Si/c1-18-20-14-10-11-15-21(20)23(26)25(16-19-12-8-7-9-13-19)22(18)17-27-28(5,6)24(2,3)4/h7-15,22H,1,16-17H2,2-6H3. The molecule has 2 aromatic rings. The minimum absolute atomic E-state index is 0.0516. The Morgan fingerprint density at radius 1 is 1.00 bits per heavy atom. The largest absolute Gasteiger partial charge is 0.414 e. The Morgan fingerprint density at radius 3 is 2.18 bits per heavy atom. The lowest BCUT2D eigenvalue weighted by molar-refractivity contribution is 0.0636. The predicted molar refractivity (Wildman–Crippen MR) is 119 cm³/mol. The Labute approximate surface area is 170 Å². The van der Waals surface area contributed by atoms with Crippen LogP contribution in [0, 0.1) is 0 Å². The molecule has 1 atom stereocenters. The molecule has 0 fully saturated rings. The average Bonchev–Trinajstić information content (AvgIpc) is 2.65. The summed E-state index contributed by atoms with van der Waals surface area (Å²) >= 11 is 0. The van der Waals surface area contributed by atoms with Crippen LogP contribution in [0.5, 0.6) is 0 Å². The minimum Gasteiger partial charge on any atom is -0.414 e. The highest BCUT2D eigenvalue weighted by atomic mass is 28.4. The van der Waals surface area contributed by atoms with Gasteiger partial charge in [-0.3, -0.25) is 4.79 Å². The molecule has 0 bridgehead atoms. The summed E-state index contributed by atoms with van der Waals surface area (Å²) in [5.41, 5.74) is 3.75. The molecule has 0 aliphatic carbocycles. The highest BCUT2D eigenvalue weighted by molar-refractivity contribution is 6.74. The van der Waals surface area contributed by atoms with E-state index in [1.165, 1.54) is 0 Å². The van der Waals surface area contributed by atoms with Crippen molar-refractivity contribution in [3.63, 3.8) is 0 Å². The van der Waals surface area contributed by atoms with Crippen molar-refractivity contribution in [1.82, 2.24) is 4.90 Å². The molecule has 1 unspecified atom stereocenters. The zero-order chi connectivity index (χ0) is 20.5. The topological polar surface area (TPSA) is 29.5 Å². The van der Waals surface area contributed by atoms with Crippen molar-refractivity contribution in [3.8, 4) is 0 Å². The van der Waals surface area contributed by atoms with E-state index in [-0.39, 0.29) is 17.0 Å². The first-order valence-electron chi connectivity index (χ1n) is 9.89. The molecule has 4 heteroatoms. The third-order valence-electron chi connectivity index (χ3n) is 6.15. The lowest BCUT2D eigenvalue weighted by Crippen LogP contribution is -2.50. The fourth-order valence-electron chi connectivity index (χ4n) is 3.27. The van der Waals surface area contributed by atoms with Gasteiger partial charge >= 0.3 is 0 Å². The quantitative estimate of drug-likeness (QED) is 0.606. The van der Waals surface area contributed by atoms with Crippen LogP contribution >= 0.6 is 0 Å². The van der Waals surface area contributed by atoms with Crippen molar-refractivity contribution in [3.05, 3.63) is 77.9 Å².